The summed E-state index contributed by atoms with van der Waals surface area (Å²) in [7, 11) is 0. The van der Waals surface area contributed by atoms with Gasteiger partial charge in [0.15, 0.2) is 11.5 Å². The first kappa shape index (κ1) is 21.8. The topological polar surface area (TPSA) is 89.0 Å². The minimum absolute atomic E-state index is 0.00620. The Bertz CT molecular complexity index is 1190. The summed E-state index contributed by atoms with van der Waals surface area (Å²) in [5, 5.41) is 6.77. The number of fused-ring (bicyclic) bond motifs is 1. The zero-order valence-electron chi connectivity index (χ0n) is 18.0. The van der Waals surface area contributed by atoms with Gasteiger partial charge >= 0.3 is 0 Å². The Morgan fingerprint density at radius 2 is 1.64 bits per heavy atom. The number of hydrazone groups is 1. The number of carbonyl (C=O) groups is 2. The molecule has 0 saturated heterocycles. The van der Waals surface area contributed by atoms with Crippen molar-refractivity contribution in [2.24, 2.45) is 5.10 Å². The van der Waals surface area contributed by atoms with Crippen LogP contribution in [-0.4, -0.2) is 24.8 Å². The molecule has 3 aromatic carbocycles. The van der Waals surface area contributed by atoms with E-state index in [0.29, 0.717) is 22.6 Å². The first-order chi connectivity index (χ1) is 16.1. The average Bonchev–Trinajstić information content (AvgIpc) is 3.32. The van der Waals surface area contributed by atoms with Crippen molar-refractivity contribution in [3.8, 4) is 11.5 Å². The molecule has 1 heterocycles. The number of nitrogens with zero attached hydrogens (tertiary/aromatic N) is 1. The summed E-state index contributed by atoms with van der Waals surface area (Å²) in [6, 6.07) is 23.8. The Morgan fingerprint density at radius 1 is 0.939 bits per heavy atom. The fourth-order valence-electron chi connectivity index (χ4n) is 3.22. The number of nitrogens with one attached hydrogen (secondary N) is 2. The van der Waals surface area contributed by atoms with E-state index in [1.54, 1.807) is 54.8 Å². The van der Waals surface area contributed by atoms with Crippen LogP contribution < -0.4 is 20.2 Å². The standard InChI is InChI=1S/C26H23N3O4/c1-18(20-8-4-2-5-9-20)16-27-29-26(31)22(28-25(30)21-10-6-3-7-11-21)14-19-12-13-23-24(15-19)33-17-32-23/h2-16,18H,17H2,1H3,(H,28,30)(H,29,31)/b22-14+,27-16+. The second-order valence-electron chi connectivity index (χ2n) is 7.41. The molecule has 4 rings (SSSR count). The molecular formula is C26H23N3O4. The molecule has 3 aromatic rings. The summed E-state index contributed by atoms with van der Waals surface area (Å²) in [5.41, 5.74) is 4.73. The number of rotatable bonds is 7. The van der Waals surface area contributed by atoms with Crippen molar-refractivity contribution in [2.75, 3.05) is 6.79 Å². The van der Waals surface area contributed by atoms with Gasteiger partial charge in [-0.2, -0.15) is 5.10 Å². The minimum atomic E-state index is -0.548. The Labute approximate surface area is 191 Å². The molecule has 0 bridgehead atoms. The van der Waals surface area contributed by atoms with Crippen LogP contribution in [0.1, 0.15) is 34.3 Å². The van der Waals surface area contributed by atoms with Crippen LogP contribution in [0.2, 0.25) is 0 Å². The van der Waals surface area contributed by atoms with E-state index in [1.165, 1.54) is 0 Å². The molecule has 7 heteroatoms. The third-order valence-electron chi connectivity index (χ3n) is 5.03. The van der Waals surface area contributed by atoms with Crippen molar-refractivity contribution in [1.29, 1.82) is 0 Å². The van der Waals surface area contributed by atoms with E-state index < -0.39 is 11.8 Å². The third-order valence-corrected chi connectivity index (χ3v) is 5.03. The van der Waals surface area contributed by atoms with E-state index >= 15 is 0 Å². The number of hydrogen-bond acceptors (Lipinski definition) is 5. The molecule has 1 unspecified atom stereocenters. The van der Waals surface area contributed by atoms with E-state index in [-0.39, 0.29) is 18.4 Å². The third kappa shape index (κ3) is 5.65. The largest absolute Gasteiger partial charge is 0.454 e. The van der Waals surface area contributed by atoms with E-state index in [4.69, 9.17) is 9.47 Å². The lowest BCUT2D eigenvalue weighted by molar-refractivity contribution is -0.117. The zero-order chi connectivity index (χ0) is 23.0. The van der Waals surface area contributed by atoms with E-state index in [1.807, 2.05) is 43.3 Å². The van der Waals surface area contributed by atoms with Gasteiger partial charge in [0.05, 0.1) is 0 Å². The highest BCUT2D eigenvalue weighted by atomic mass is 16.7. The highest BCUT2D eigenvalue weighted by molar-refractivity contribution is 6.05. The van der Waals surface area contributed by atoms with Gasteiger partial charge in [0.25, 0.3) is 11.8 Å². The molecule has 0 aliphatic carbocycles. The molecule has 1 aliphatic rings. The van der Waals surface area contributed by atoms with E-state index in [9.17, 15) is 9.59 Å². The molecule has 166 valence electrons. The van der Waals surface area contributed by atoms with Crippen LogP contribution in [0.15, 0.2) is 89.7 Å². The molecule has 2 amide bonds. The molecule has 1 atom stereocenters. The molecule has 0 fully saturated rings. The number of ether oxygens (including phenoxy) is 2. The van der Waals surface area contributed by atoms with E-state index in [2.05, 4.69) is 15.8 Å². The summed E-state index contributed by atoms with van der Waals surface area (Å²) in [6.45, 7) is 2.13. The van der Waals surface area contributed by atoms with Crippen LogP contribution >= 0.6 is 0 Å². The maximum atomic E-state index is 12.9. The molecule has 0 aromatic heterocycles. The highest BCUT2D eigenvalue weighted by Gasteiger charge is 2.17. The van der Waals surface area contributed by atoms with Crippen LogP contribution in [0.4, 0.5) is 0 Å². The zero-order valence-corrected chi connectivity index (χ0v) is 18.0. The van der Waals surface area contributed by atoms with Gasteiger partial charge in [0.1, 0.15) is 5.70 Å². The molecule has 7 nitrogen and oxygen atoms in total. The Morgan fingerprint density at radius 3 is 2.39 bits per heavy atom. The first-order valence-corrected chi connectivity index (χ1v) is 10.5. The minimum Gasteiger partial charge on any atom is -0.454 e. The maximum absolute atomic E-state index is 12.9. The quantitative estimate of drug-likeness (QED) is 0.328. The van der Waals surface area contributed by atoms with Gasteiger partial charge in [-0.05, 0) is 41.5 Å². The monoisotopic (exact) mass is 441 g/mol. The Kier molecular flexibility index (Phi) is 6.80. The summed E-state index contributed by atoms with van der Waals surface area (Å²) in [5.74, 6) is 0.262. The molecular weight excluding hydrogens is 418 g/mol. The van der Waals surface area contributed by atoms with Crippen molar-refractivity contribution in [1.82, 2.24) is 10.7 Å². The Hall–Kier alpha value is -4.39. The van der Waals surface area contributed by atoms with Gasteiger partial charge in [-0.1, -0.05) is 61.5 Å². The van der Waals surface area contributed by atoms with Gasteiger partial charge in [0.2, 0.25) is 6.79 Å². The van der Waals surface area contributed by atoms with Crippen LogP contribution in [-0.2, 0) is 4.79 Å². The Balaban J connectivity index is 1.53. The molecule has 0 spiro atoms. The highest BCUT2D eigenvalue weighted by Crippen LogP contribution is 2.33. The lowest BCUT2D eigenvalue weighted by atomic mass is 10.0. The summed E-state index contributed by atoms with van der Waals surface area (Å²) < 4.78 is 10.7. The van der Waals surface area contributed by atoms with Crippen LogP contribution in [0.5, 0.6) is 11.5 Å². The second-order valence-corrected chi connectivity index (χ2v) is 7.41. The summed E-state index contributed by atoms with van der Waals surface area (Å²) in [4.78, 5) is 25.6. The number of benzene rings is 3. The number of hydrogen-bond donors (Lipinski definition) is 2. The molecule has 2 N–H and O–H groups in total. The molecule has 0 saturated carbocycles. The van der Waals surface area contributed by atoms with Gasteiger partial charge in [0, 0.05) is 17.7 Å². The fraction of sp³-hybridized carbons (Fsp3) is 0.115. The molecule has 33 heavy (non-hydrogen) atoms. The molecule has 1 aliphatic heterocycles. The first-order valence-electron chi connectivity index (χ1n) is 10.5. The van der Waals surface area contributed by atoms with Gasteiger partial charge < -0.3 is 14.8 Å². The van der Waals surface area contributed by atoms with Crippen molar-refractivity contribution in [2.45, 2.75) is 12.8 Å². The number of amides is 2. The molecule has 0 radical (unpaired) electrons. The lowest BCUT2D eigenvalue weighted by Crippen LogP contribution is -2.32. The predicted octanol–water partition coefficient (Wildman–Crippen LogP) is 4.09. The van der Waals surface area contributed by atoms with Gasteiger partial charge in [-0.3, -0.25) is 9.59 Å². The predicted molar refractivity (Wildman–Crippen MR) is 126 cm³/mol. The van der Waals surface area contributed by atoms with Crippen LogP contribution in [0, 0.1) is 0 Å². The van der Waals surface area contributed by atoms with E-state index in [0.717, 1.165) is 5.56 Å². The van der Waals surface area contributed by atoms with Crippen molar-refractivity contribution < 1.29 is 19.1 Å². The van der Waals surface area contributed by atoms with Crippen LogP contribution in [0.25, 0.3) is 6.08 Å². The fourth-order valence-corrected chi connectivity index (χ4v) is 3.22. The normalized spacial score (nSPS) is 13.5. The van der Waals surface area contributed by atoms with Gasteiger partial charge in [-0.15, -0.1) is 0 Å². The van der Waals surface area contributed by atoms with Crippen molar-refractivity contribution in [3.63, 3.8) is 0 Å². The lowest BCUT2D eigenvalue weighted by Gasteiger charge is -2.10. The maximum Gasteiger partial charge on any atom is 0.287 e. The second kappa shape index (κ2) is 10.3. The van der Waals surface area contributed by atoms with Crippen LogP contribution in [0.3, 0.4) is 0 Å². The SMILES string of the molecule is CC(/C=N/NC(=O)/C(=C\c1ccc2c(c1)OCO2)NC(=O)c1ccccc1)c1ccccc1. The number of carbonyl (C=O) groups excluding carboxylic acids is 2. The van der Waals surface area contributed by atoms with Gasteiger partial charge in [-0.25, -0.2) is 5.43 Å². The summed E-state index contributed by atoms with van der Waals surface area (Å²) >= 11 is 0. The summed E-state index contributed by atoms with van der Waals surface area (Å²) in [6.07, 6.45) is 3.21. The smallest absolute Gasteiger partial charge is 0.287 e. The van der Waals surface area contributed by atoms with Crippen molar-refractivity contribution >= 4 is 24.1 Å². The average molecular weight is 441 g/mol. The van der Waals surface area contributed by atoms with Crippen molar-refractivity contribution in [3.05, 3.63) is 101 Å².